The maximum Gasteiger partial charge on any atom is 0.0804 e. The fraction of sp³-hybridized carbons (Fsp3) is 1.00. The summed E-state index contributed by atoms with van der Waals surface area (Å²) in [6.45, 7) is 6.38. The number of ether oxygens (including phenoxy) is 1. The molecule has 2 heteroatoms. The van der Waals surface area contributed by atoms with Crippen LogP contribution in [0.5, 0.6) is 0 Å². The summed E-state index contributed by atoms with van der Waals surface area (Å²) in [5, 5.41) is 0. The fourth-order valence-corrected chi connectivity index (χ4v) is 2.74. The van der Waals surface area contributed by atoms with Gasteiger partial charge in [0, 0.05) is 6.54 Å². The van der Waals surface area contributed by atoms with E-state index in [1.165, 1.54) is 32.1 Å². The maximum atomic E-state index is 6.19. The second-order valence-electron chi connectivity index (χ2n) is 6.66. The second kappa shape index (κ2) is 4.66. The van der Waals surface area contributed by atoms with Crippen molar-refractivity contribution in [2.24, 2.45) is 17.1 Å². The first kappa shape index (κ1) is 12.4. The molecule has 2 nitrogen and oxygen atoms in total. The van der Waals surface area contributed by atoms with E-state index in [1.807, 2.05) is 0 Å². The van der Waals surface area contributed by atoms with Gasteiger partial charge in [-0.05, 0) is 49.9 Å². The van der Waals surface area contributed by atoms with Crippen LogP contribution in [0.15, 0.2) is 0 Å². The van der Waals surface area contributed by atoms with Crippen molar-refractivity contribution in [2.45, 2.75) is 64.4 Å². The monoisotopic (exact) mass is 225 g/mol. The minimum atomic E-state index is 0.0190. The van der Waals surface area contributed by atoms with Crippen LogP contribution in [0.25, 0.3) is 0 Å². The van der Waals surface area contributed by atoms with Crippen molar-refractivity contribution < 1.29 is 4.74 Å². The third kappa shape index (κ3) is 2.78. The highest BCUT2D eigenvalue weighted by Crippen LogP contribution is 2.42. The Hall–Kier alpha value is -0.0800. The van der Waals surface area contributed by atoms with Gasteiger partial charge < -0.3 is 10.5 Å². The SMILES string of the molecule is CC1(C)CCC(CN)(OCC2CCC2)CC1. The zero-order chi connectivity index (χ0) is 11.6. The van der Waals surface area contributed by atoms with Gasteiger partial charge >= 0.3 is 0 Å². The normalized spacial score (nSPS) is 28.7. The Morgan fingerprint density at radius 3 is 2.19 bits per heavy atom. The van der Waals surface area contributed by atoms with E-state index < -0.39 is 0 Å². The van der Waals surface area contributed by atoms with Gasteiger partial charge in [-0.15, -0.1) is 0 Å². The van der Waals surface area contributed by atoms with Crippen LogP contribution in [-0.4, -0.2) is 18.8 Å². The van der Waals surface area contributed by atoms with E-state index in [-0.39, 0.29) is 5.60 Å². The van der Waals surface area contributed by atoms with E-state index in [9.17, 15) is 0 Å². The average molecular weight is 225 g/mol. The van der Waals surface area contributed by atoms with Crippen molar-refractivity contribution in [3.63, 3.8) is 0 Å². The fourth-order valence-electron chi connectivity index (χ4n) is 2.74. The lowest BCUT2D eigenvalue weighted by atomic mass is 9.71. The lowest BCUT2D eigenvalue weighted by Crippen LogP contribution is -2.46. The Morgan fingerprint density at radius 2 is 1.75 bits per heavy atom. The number of hydrogen-bond acceptors (Lipinski definition) is 2. The molecule has 0 saturated heterocycles. The summed E-state index contributed by atoms with van der Waals surface area (Å²) in [7, 11) is 0. The van der Waals surface area contributed by atoms with E-state index in [1.54, 1.807) is 0 Å². The lowest BCUT2D eigenvalue weighted by Gasteiger charge is -2.44. The standard InChI is InChI=1S/C14H27NO/c1-13(2)6-8-14(11-15,9-7-13)16-10-12-4-3-5-12/h12H,3-11,15H2,1-2H3. The van der Waals surface area contributed by atoms with E-state index >= 15 is 0 Å². The summed E-state index contributed by atoms with van der Waals surface area (Å²) in [5.74, 6) is 0.832. The largest absolute Gasteiger partial charge is 0.373 e. The zero-order valence-corrected chi connectivity index (χ0v) is 10.9. The van der Waals surface area contributed by atoms with Crippen molar-refractivity contribution in [1.29, 1.82) is 0 Å². The van der Waals surface area contributed by atoms with Gasteiger partial charge in [0.25, 0.3) is 0 Å². The zero-order valence-electron chi connectivity index (χ0n) is 10.9. The highest BCUT2D eigenvalue weighted by molar-refractivity contribution is 4.91. The summed E-state index contributed by atoms with van der Waals surface area (Å²) in [6.07, 6.45) is 8.96. The van der Waals surface area contributed by atoms with Crippen LogP contribution >= 0.6 is 0 Å². The molecule has 0 radical (unpaired) electrons. The van der Waals surface area contributed by atoms with Gasteiger partial charge in [-0.25, -0.2) is 0 Å². The Labute approximate surface area is 99.9 Å². The molecule has 94 valence electrons. The van der Waals surface area contributed by atoms with Crippen LogP contribution in [0.2, 0.25) is 0 Å². The van der Waals surface area contributed by atoms with Gasteiger partial charge in [0.1, 0.15) is 0 Å². The summed E-state index contributed by atoms with van der Waals surface area (Å²) < 4.78 is 6.19. The highest BCUT2D eigenvalue weighted by Gasteiger charge is 2.38. The van der Waals surface area contributed by atoms with Crippen molar-refractivity contribution in [3.8, 4) is 0 Å². The summed E-state index contributed by atoms with van der Waals surface area (Å²) in [5.41, 5.74) is 6.46. The topological polar surface area (TPSA) is 35.2 Å². The van der Waals surface area contributed by atoms with Gasteiger partial charge in [-0.2, -0.15) is 0 Å². The van der Waals surface area contributed by atoms with Crippen LogP contribution in [0, 0.1) is 11.3 Å². The second-order valence-corrected chi connectivity index (χ2v) is 6.66. The van der Waals surface area contributed by atoms with E-state index in [4.69, 9.17) is 10.5 Å². The molecule has 2 rings (SSSR count). The van der Waals surface area contributed by atoms with Crippen LogP contribution < -0.4 is 5.73 Å². The molecule has 0 atom stereocenters. The molecule has 0 aromatic rings. The van der Waals surface area contributed by atoms with Crippen molar-refractivity contribution in [1.82, 2.24) is 0 Å². The first-order valence-corrected chi connectivity index (χ1v) is 6.89. The van der Waals surface area contributed by atoms with E-state index in [2.05, 4.69) is 13.8 Å². The molecule has 2 saturated carbocycles. The quantitative estimate of drug-likeness (QED) is 0.798. The molecular weight excluding hydrogens is 198 g/mol. The number of hydrogen-bond donors (Lipinski definition) is 1. The van der Waals surface area contributed by atoms with Gasteiger partial charge in [0.2, 0.25) is 0 Å². The molecule has 0 aromatic heterocycles. The third-order valence-corrected chi connectivity index (χ3v) is 4.74. The van der Waals surface area contributed by atoms with Crippen LogP contribution in [0.1, 0.15) is 58.8 Å². The lowest BCUT2D eigenvalue weighted by molar-refractivity contribution is -0.100. The van der Waals surface area contributed by atoms with Crippen LogP contribution in [0.4, 0.5) is 0 Å². The molecule has 0 spiro atoms. The van der Waals surface area contributed by atoms with Crippen molar-refractivity contribution in [2.75, 3.05) is 13.2 Å². The molecule has 0 aromatic carbocycles. The molecule has 2 aliphatic carbocycles. The molecule has 0 bridgehead atoms. The summed E-state index contributed by atoms with van der Waals surface area (Å²) in [6, 6.07) is 0. The van der Waals surface area contributed by atoms with Crippen LogP contribution in [0.3, 0.4) is 0 Å². The Morgan fingerprint density at radius 1 is 1.12 bits per heavy atom. The molecule has 0 aliphatic heterocycles. The number of nitrogens with two attached hydrogens (primary N) is 1. The third-order valence-electron chi connectivity index (χ3n) is 4.74. The minimum absolute atomic E-state index is 0.0190. The molecule has 16 heavy (non-hydrogen) atoms. The van der Waals surface area contributed by atoms with Gasteiger partial charge in [0.15, 0.2) is 0 Å². The summed E-state index contributed by atoms with van der Waals surface area (Å²) >= 11 is 0. The molecule has 0 heterocycles. The molecule has 2 aliphatic rings. The molecular formula is C14H27NO. The van der Waals surface area contributed by atoms with Gasteiger partial charge in [-0.1, -0.05) is 20.3 Å². The predicted octanol–water partition coefficient (Wildman–Crippen LogP) is 3.10. The summed E-state index contributed by atoms with van der Waals surface area (Å²) in [4.78, 5) is 0. The highest BCUT2D eigenvalue weighted by atomic mass is 16.5. The van der Waals surface area contributed by atoms with E-state index in [0.717, 1.165) is 25.4 Å². The number of rotatable bonds is 4. The first-order chi connectivity index (χ1) is 7.55. The predicted molar refractivity (Wildman–Crippen MR) is 67.3 cm³/mol. The molecule has 0 amide bonds. The first-order valence-electron chi connectivity index (χ1n) is 6.89. The van der Waals surface area contributed by atoms with Crippen molar-refractivity contribution >= 4 is 0 Å². The average Bonchev–Trinajstić information content (AvgIpc) is 2.19. The minimum Gasteiger partial charge on any atom is -0.373 e. The molecule has 0 unspecified atom stereocenters. The Kier molecular flexibility index (Phi) is 3.60. The smallest absolute Gasteiger partial charge is 0.0804 e. The maximum absolute atomic E-state index is 6.19. The Balaban J connectivity index is 1.82. The van der Waals surface area contributed by atoms with Crippen molar-refractivity contribution in [3.05, 3.63) is 0 Å². The Bertz CT molecular complexity index is 223. The molecule has 2 N–H and O–H groups in total. The molecule has 2 fully saturated rings. The van der Waals surface area contributed by atoms with Gasteiger partial charge in [0.05, 0.1) is 12.2 Å². The van der Waals surface area contributed by atoms with E-state index in [0.29, 0.717) is 12.0 Å². The van der Waals surface area contributed by atoms with Gasteiger partial charge in [-0.3, -0.25) is 0 Å². The van der Waals surface area contributed by atoms with Crippen LogP contribution in [-0.2, 0) is 4.74 Å².